The van der Waals surface area contributed by atoms with Crippen LogP contribution in [0, 0.1) is 0 Å². The molecule has 0 unspecified atom stereocenters. The molecule has 1 aromatic rings. The summed E-state index contributed by atoms with van der Waals surface area (Å²) in [5.41, 5.74) is 2.41. The van der Waals surface area contributed by atoms with Gasteiger partial charge in [-0.25, -0.2) is 0 Å². The van der Waals surface area contributed by atoms with Crippen molar-refractivity contribution in [2.45, 2.75) is 72.5 Å². The van der Waals surface area contributed by atoms with E-state index < -0.39 is 0 Å². The fraction of sp³-hybridized carbons (Fsp3) is 0.440. The molecule has 0 aromatic heterocycles. The first kappa shape index (κ1) is 23.1. The van der Waals surface area contributed by atoms with Crippen molar-refractivity contribution in [2.24, 2.45) is 0 Å². The van der Waals surface area contributed by atoms with Gasteiger partial charge in [-0.1, -0.05) is 51.2 Å². The van der Waals surface area contributed by atoms with Crippen LogP contribution in [0.25, 0.3) is 6.08 Å². The highest BCUT2D eigenvalue weighted by Gasteiger charge is 2.24. The number of carbonyl (C=O) groups is 1. The Morgan fingerprint density at radius 2 is 1.72 bits per heavy atom. The number of rotatable bonds is 7. The first-order valence-electron chi connectivity index (χ1n) is 10.1. The van der Waals surface area contributed by atoms with Crippen LogP contribution in [-0.2, 0) is 10.2 Å². The average molecular weight is 413 g/mol. The van der Waals surface area contributed by atoms with Gasteiger partial charge >= 0.3 is 0 Å². The van der Waals surface area contributed by atoms with Crippen molar-refractivity contribution in [3.8, 4) is 11.5 Å². The Morgan fingerprint density at radius 1 is 1.07 bits per heavy atom. The lowest BCUT2D eigenvalue weighted by Gasteiger charge is -2.27. The quantitative estimate of drug-likeness (QED) is 0.384. The van der Waals surface area contributed by atoms with E-state index in [1.807, 2.05) is 52.0 Å². The molecule has 0 heterocycles. The van der Waals surface area contributed by atoms with E-state index >= 15 is 0 Å². The number of thiocarbonyl (C=S) groups is 1. The van der Waals surface area contributed by atoms with Gasteiger partial charge in [0, 0.05) is 22.4 Å². The molecule has 0 bridgehead atoms. The maximum Gasteiger partial charge on any atom is 0.185 e. The second-order valence-electron chi connectivity index (χ2n) is 8.80. The van der Waals surface area contributed by atoms with Crippen LogP contribution in [0.2, 0.25) is 0 Å². The maximum absolute atomic E-state index is 12.7. The van der Waals surface area contributed by atoms with E-state index in [0.29, 0.717) is 17.7 Å². The molecule has 0 atom stereocenters. The Morgan fingerprint density at radius 3 is 2.24 bits per heavy atom. The summed E-state index contributed by atoms with van der Waals surface area (Å²) in [6, 6.07) is 4.03. The Kier molecular flexibility index (Phi) is 7.59. The van der Waals surface area contributed by atoms with Gasteiger partial charge in [-0.15, -0.1) is 0 Å². The van der Waals surface area contributed by atoms with Crippen LogP contribution < -0.4 is 9.47 Å². The van der Waals surface area contributed by atoms with E-state index in [0.717, 1.165) is 21.7 Å². The van der Waals surface area contributed by atoms with Crippen LogP contribution in [0.3, 0.4) is 0 Å². The molecule has 0 aliphatic heterocycles. The van der Waals surface area contributed by atoms with Crippen LogP contribution in [0.15, 0.2) is 42.0 Å². The Bertz CT molecular complexity index is 865. The van der Waals surface area contributed by atoms with Crippen molar-refractivity contribution in [3.05, 3.63) is 53.1 Å². The number of carbonyl (C=O) groups excluding carboxylic acids is 1. The number of ether oxygens (including phenoxy) is 2. The first-order valence-corrected chi connectivity index (χ1v) is 10.5. The second-order valence-corrected chi connectivity index (χ2v) is 9.32. The van der Waals surface area contributed by atoms with Crippen LogP contribution >= 0.6 is 12.2 Å². The maximum atomic E-state index is 12.7. The fourth-order valence-corrected chi connectivity index (χ4v) is 3.17. The number of allylic oxidation sites excluding steroid dienone is 5. The van der Waals surface area contributed by atoms with E-state index in [9.17, 15) is 4.79 Å². The molecular formula is C25H32O3S. The summed E-state index contributed by atoms with van der Waals surface area (Å²) < 4.78 is 12.3. The topological polar surface area (TPSA) is 35.5 Å². The largest absolute Gasteiger partial charge is 0.490 e. The van der Waals surface area contributed by atoms with Crippen molar-refractivity contribution in [3.63, 3.8) is 0 Å². The summed E-state index contributed by atoms with van der Waals surface area (Å²) in [6.45, 7) is 14.4. The average Bonchev–Trinajstić information content (AvgIpc) is 2.59. The zero-order valence-electron chi connectivity index (χ0n) is 18.5. The molecular weight excluding hydrogens is 380 g/mol. The van der Waals surface area contributed by atoms with Crippen molar-refractivity contribution in [1.29, 1.82) is 0 Å². The predicted octanol–water partition coefficient (Wildman–Crippen LogP) is 6.40. The second kappa shape index (κ2) is 9.53. The normalized spacial score (nSPS) is 14.7. The molecule has 1 aliphatic rings. The Hall–Kier alpha value is -2.20. The number of benzene rings is 1. The molecule has 1 aliphatic carbocycles. The van der Waals surface area contributed by atoms with Crippen LogP contribution in [-0.4, -0.2) is 22.9 Å². The van der Waals surface area contributed by atoms with E-state index in [1.165, 1.54) is 0 Å². The molecule has 2 rings (SSSR count). The third kappa shape index (κ3) is 6.40. The van der Waals surface area contributed by atoms with Gasteiger partial charge in [-0.2, -0.15) is 0 Å². The Balaban J connectivity index is 2.54. The molecule has 156 valence electrons. The van der Waals surface area contributed by atoms with Crippen molar-refractivity contribution in [1.82, 2.24) is 0 Å². The Labute approximate surface area is 180 Å². The molecule has 3 nitrogen and oxygen atoms in total. The van der Waals surface area contributed by atoms with Gasteiger partial charge in [-0.3, -0.25) is 4.79 Å². The first-order chi connectivity index (χ1) is 13.5. The summed E-state index contributed by atoms with van der Waals surface area (Å²) in [6.07, 6.45) is 9.51. The van der Waals surface area contributed by atoms with Crippen LogP contribution in [0.5, 0.6) is 11.5 Å². The van der Waals surface area contributed by atoms with Gasteiger partial charge in [0.05, 0.1) is 17.8 Å². The van der Waals surface area contributed by atoms with E-state index in [-0.39, 0.29) is 23.4 Å². The zero-order valence-corrected chi connectivity index (χ0v) is 19.4. The standard InChI is InChI=1S/C25H32O3S/c1-16(2)27-23-15-13-21(25(5,6)7)24(28-17(3)4)20(23)12-14-22(26)18-8-10-19(29)11-9-18/h8-10,12-17H,11H2,1-7H3. The van der Waals surface area contributed by atoms with Crippen LogP contribution in [0.1, 0.15) is 66.0 Å². The number of hydrogen-bond acceptors (Lipinski definition) is 4. The highest BCUT2D eigenvalue weighted by molar-refractivity contribution is 7.80. The minimum atomic E-state index is -0.114. The molecule has 4 heteroatoms. The molecule has 0 saturated heterocycles. The summed E-state index contributed by atoms with van der Waals surface area (Å²) in [4.78, 5) is 13.5. The highest BCUT2D eigenvalue weighted by atomic mass is 32.1. The molecule has 0 radical (unpaired) electrons. The van der Waals surface area contributed by atoms with E-state index in [4.69, 9.17) is 21.7 Å². The van der Waals surface area contributed by atoms with Crippen molar-refractivity contribution in [2.75, 3.05) is 0 Å². The van der Waals surface area contributed by atoms with Gasteiger partial charge in [0.2, 0.25) is 0 Å². The minimum Gasteiger partial charge on any atom is -0.490 e. The van der Waals surface area contributed by atoms with Gasteiger partial charge in [-0.05, 0) is 57.4 Å². The van der Waals surface area contributed by atoms with Crippen LogP contribution in [0.4, 0.5) is 0 Å². The lowest BCUT2D eigenvalue weighted by atomic mass is 9.84. The van der Waals surface area contributed by atoms with Crippen molar-refractivity contribution < 1.29 is 14.3 Å². The fourth-order valence-electron chi connectivity index (χ4n) is 3.02. The molecule has 0 amide bonds. The summed E-state index contributed by atoms with van der Waals surface area (Å²) in [5.74, 6) is 1.42. The third-order valence-corrected chi connectivity index (χ3v) is 4.64. The molecule has 1 aromatic carbocycles. The number of hydrogen-bond donors (Lipinski definition) is 0. The number of ketones is 1. The third-order valence-electron chi connectivity index (χ3n) is 4.34. The minimum absolute atomic E-state index is 0.00162. The highest BCUT2D eigenvalue weighted by Crippen LogP contribution is 2.40. The molecule has 0 fully saturated rings. The molecule has 0 N–H and O–H groups in total. The smallest absolute Gasteiger partial charge is 0.185 e. The van der Waals surface area contributed by atoms with Gasteiger partial charge in [0.1, 0.15) is 11.5 Å². The monoisotopic (exact) mass is 412 g/mol. The lowest BCUT2D eigenvalue weighted by molar-refractivity contribution is -0.111. The predicted molar refractivity (Wildman–Crippen MR) is 125 cm³/mol. The van der Waals surface area contributed by atoms with Crippen molar-refractivity contribution >= 4 is 28.9 Å². The van der Waals surface area contributed by atoms with Gasteiger partial charge in [0.15, 0.2) is 5.78 Å². The molecule has 0 spiro atoms. The van der Waals surface area contributed by atoms with Gasteiger partial charge < -0.3 is 9.47 Å². The summed E-state index contributed by atoms with van der Waals surface area (Å²) >= 11 is 5.16. The zero-order chi connectivity index (χ0) is 21.8. The van der Waals surface area contributed by atoms with E-state index in [1.54, 1.807) is 12.2 Å². The molecule has 29 heavy (non-hydrogen) atoms. The lowest BCUT2D eigenvalue weighted by Crippen LogP contribution is -2.18. The SMILES string of the molecule is CC(C)Oc1ccc(C(C)(C)C)c(OC(C)C)c1C=CC(=O)C1=CCC(=S)C=C1. The van der Waals surface area contributed by atoms with Gasteiger partial charge in [0.25, 0.3) is 0 Å². The van der Waals surface area contributed by atoms with E-state index in [2.05, 4.69) is 26.8 Å². The summed E-state index contributed by atoms with van der Waals surface area (Å²) in [7, 11) is 0. The summed E-state index contributed by atoms with van der Waals surface area (Å²) in [5, 5.41) is 0. The molecule has 0 saturated carbocycles.